The predicted octanol–water partition coefficient (Wildman–Crippen LogP) is -1.21. The summed E-state index contributed by atoms with van der Waals surface area (Å²) >= 11 is 7.60. The van der Waals surface area contributed by atoms with E-state index in [0.29, 0.717) is 17.0 Å². The van der Waals surface area contributed by atoms with Gasteiger partial charge in [0.05, 0.1) is 12.8 Å². The number of amides is 8. The van der Waals surface area contributed by atoms with Gasteiger partial charge in [0.15, 0.2) is 11.9 Å². The van der Waals surface area contributed by atoms with Gasteiger partial charge in [-0.25, -0.2) is 0 Å². The quantitative estimate of drug-likeness (QED) is 0.0190. The van der Waals surface area contributed by atoms with Crippen molar-refractivity contribution in [2.75, 3.05) is 19.6 Å². The highest BCUT2D eigenvalue weighted by atomic mass is 35.5. The molecule has 3 heterocycles. The number of aromatic amines is 1. The number of nitrogens with two attached hydrogens (primary N) is 6. The Bertz CT molecular complexity index is 2600. The number of halogens is 1. The van der Waals surface area contributed by atoms with Crippen LogP contribution in [0.4, 0.5) is 0 Å². The molecule has 4 aromatic rings. The smallest absolute Gasteiger partial charge is 0.245 e. The summed E-state index contributed by atoms with van der Waals surface area (Å²) in [5, 5.41) is 16.7. The fourth-order valence-corrected chi connectivity index (χ4v) is 8.99. The minimum atomic E-state index is -1.48. The van der Waals surface area contributed by atoms with E-state index in [9.17, 15) is 38.4 Å². The SMILES string of the molecule is NC(=O)C[C@H](NC(=O)[C@H](CCCN=C(N)N)NC(=O)[C@@H]1CCCN1C(=O)[C@H](CCCN=C(N)N)NC(=O)[C@H](Cc1ccc(Cl)cc1)NC(=O)[C@H](Cc1c[nH]c2ccccc12)NC(=O)Cc1cccs1)C(N)=O. The summed E-state index contributed by atoms with van der Waals surface area (Å²) < 4.78 is 0. The van der Waals surface area contributed by atoms with Gasteiger partial charge in [-0.2, -0.15) is 0 Å². The Morgan fingerprint density at radius 2 is 1.32 bits per heavy atom. The van der Waals surface area contributed by atoms with Crippen LogP contribution in [0.5, 0.6) is 0 Å². The minimum absolute atomic E-state index is 0.0139. The fraction of sp³-hybridized carbons (Fsp3) is 0.404. The van der Waals surface area contributed by atoms with Crippen LogP contribution >= 0.6 is 22.9 Å². The van der Waals surface area contributed by atoms with Gasteiger partial charge in [-0.1, -0.05) is 48.0 Å². The van der Waals surface area contributed by atoms with Crippen LogP contribution in [-0.4, -0.2) is 125 Å². The maximum Gasteiger partial charge on any atom is 0.245 e. The molecule has 0 spiro atoms. The van der Waals surface area contributed by atoms with Crippen LogP contribution in [0.1, 0.15) is 60.9 Å². The van der Waals surface area contributed by atoms with Crippen molar-refractivity contribution in [1.82, 2.24) is 36.5 Å². The van der Waals surface area contributed by atoms with E-state index in [1.807, 2.05) is 41.8 Å². The second-order valence-electron chi connectivity index (χ2n) is 17.2. The molecule has 6 atom stereocenters. The lowest BCUT2D eigenvalue weighted by molar-refractivity contribution is -0.142. The number of thiophene rings is 1. The van der Waals surface area contributed by atoms with Crippen LogP contribution in [0.25, 0.3) is 10.9 Å². The topological polar surface area (TPSA) is 397 Å². The summed E-state index contributed by atoms with van der Waals surface area (Å²) in [5.74, 6) is -6.42. The lowest BCUT2D eigenvalue weighted by atomic mass is 10.0. The van der Waals surface area contributed by atoms with Gasteiger partial charge in [0.1, 0.15) is 36.3 Å². The number of nitrogens with one attached hydrogen (secondary N) is 6. The van der Waals surface area contributed by atoms with E-state index < -0.39 is 89.9 Å². The number of fused-ring (bicyclic) bond motifs is 1. The molecule has 72 heavy (non-hydrogen) atoms. The van der Waals surface area contributed by atoms with Crippen LogP contribution in [0.2, 0.25) is 5.02 Å². The Morgan fingerprint density at radius 1 is 0.708 bits per heavy atom. The van der Waals surface area contributed by atoms with Crippen LogP contribution in [0.3, 0.4) is 0 Å². The minimum Gasteiger partial charge on any atom is -0.370 e. The summed E-state index contributed by atoms with van der Waals surface area (Å²) in [7, 11) is 0. The van der Waals surface area contributed by atoms with Crippen molar-refractivity contribution in [3.05, 3.63) is 93.3 Å². The number of hydrogen-bond acceptors (Lipinski definition) is 11. The van der Waals surface area contributed by atoms with E-state index in [1.54, 1.807) is 30.5 Å². The number of nitrogens with zero attached hydrogens (tertiary/aromatic N) is 3. The van der Waals surface area contributed by atoms with Gasteiger partial charge in [0.25, 0.3) is 0 Å². The highest BCUT2D eigenvalue weighted by Gasteiger charge is 2.40. The van der Waals surface area contributed by atoms with E-state index in [-0.39, 0.29) is 82.9 Å². The molecular weight excluding hydrogens is 970 g/mol. The number of carbonyl (C=O) groups excluding carboxylic acids is 8. The van der Waals surface area contributed by atoms with Crippen molar-refractivity contribution in [2.45, 2.75) is 100 Å². The van der Waals surface area contributed by atoms with Gasteiger partial charge < -0.3 is 70.9 Å². The normalized spacial score (nSPS) is 15.2. The average Bonchev–Trinajstić information content (AvgIpc) is 4.13. The van der Waals surface area contributed by atoms with Crippen molar-refractivity contribution in [2.24, 2.45) is 44.4 Å². The number of guanidine groups is 2. The van der Waals surface area contributed by atoms with E-state index in [2.05, 4.69) is 41.6 Å². The van der Waals surface area contributed by atoms with Crippen LogP contribution < -0.4 is 61.0 Å². The van der Waals surface area contributed by atoms with E-state index in [1.165, 1.54) is 16.2 Å². The first-order valence-electron chi connectivity index (χ1n) is 23.2. The first-order valence-corrected chi connectivity index (χ1v) is 24.5. The first-order chi connectivity index (χ1) is 34.4. The van der Waals surface area contributed by atoms with Crippen molar-refractivity contribution < 1.29 is 38.4 Å². The van der Waals surface area contributed by atoms with Gasteiger partial charge in [-0.3, -0.25) is 48.3 Å². The second-order valence-corrected chi connectivity index (χ2v) is 18.6. The number of carbonyl (C=O) groups is 8. The number of rotatable bonds is 27. The molecule has 0 bridgehead atoms. The van der Waals surface area contributed by atoms with E-state index in [4.69, 9.17) is 46.0 Å². The average molecular weight is 1030 g/mol. The number of aliphatic imine (C=N–C) groups is 2. The Labute approximate surface area is 424 Å². The lowest BCUT2D eigenvalue weighted by Gasteiger charge is -2.31. The number of likely N-dealkylation sites (tertiary alicyclic amines) is 1. The molecular formula is C47H62ClN15O8S. The van der Waals surface area contributed by atoms with Crippen molar-refractivity contribution in [3.8, 4) is 0 Å². The maximum absolute atomic E-state index is 14.7. The third-order valence-corrected chi connectivity index (χ3v) is 12.8. The molecule has 25 heteroatoms. The summed E-state index contributed by atoms with van der Waals surface area (Å²) in [6.45, 7) is 0.245. The van der Waals surface area contributed by atoms with Gasteiger partial charge in [0, 0.05) is 59.5 Å². The van der Waals surface area contributed by atoms with Crippen LogP contribution in [0.15, 0.2) is 82.2 Å². The van der Waals surface area contributed by atoms with Crippen molar-refractivity contribution >= 4 is 93.0 Å². The zero-order valence-electron chi connectivity index (χ0n) is 39.4. The zero-order chi connectivity index (χ0) is 52.3. The molecule has 2 aromatic heterocycles. The molecule has 23 nitrogen and oxygen atoms in total. The van der Waals surface area contributed by atoms with Gasteiger partial charge in [0.2, 0.25) is 47.3 Å². The van der Waals surface area contributed by atoms with Crippen molar-refractivity contribution in [1.29, 1.82) is 0 Å². The highest BCUT2D eigenvalue weighted by Crippen LogP contribution is 2.22. The number of aromatic nitrogens is 1. The predicted molar refractivity (Wildman–Crippen MR) is 272 cm³/mol. The van der Waals surface area contributed by atoms with E-state index >= 15 is 0 Å². The van der Waals surface area contributed by atoms with Crippen LogP contribution in [-0.2, 0) is 57.6 Å². The molecule has 1 aliphatic heterocycles. The second kappa shape index (κ2) is 27.0. The monoisotopic (exact) mass is 1030 g/mol. The molecule has 386 valence electrons. The summed E-state index contributed by atoms with van der Waals surface area (Å²) in [6, 6.07) is 10.1. The highest BCUT2D eigenvalue weighted by molar-refractivity contribution is 7.10. The Morgan fingerprint density at radius 3 is 1.94 bits per heavy atom. The molecule has 0 aliphatic carbocycles. The first kappa shape index (κ1) is 55.2. The summed E-state index contributed by atoms with van der Waals surface area (Å²) in [6.07, 6.45) is 2.04. The molecule has 18 N–H and O–H groups in total. The molecule has 1 fully saturated rings. The van der Waals surface area contributed by atoms with Gasteiger partial charge in [-0.05, 0) is 79.3 Å². The third kappa shape index (κ3) is 17.0. The number of hydrogen-bond donors (Lipinski definition) is 12. The largest absolute Gasteiger partial charge is 0.370 e. The third-order valence-electron chi connectivity index (χ3n) is 11.7. The lowest BCUT2D eigenvalue weighted by Crippen LogP contribution is -2.60. The molecule has 5 rings (SSSR count). The zero-order valence-corrected chi connectivity index (χ0v) is 41.0. The summed E-state index contributed by atoms with van der Waals surface area (Å²) in [5.41, 5.74) is 34.9. The molecule has 0 radical (unpaired) electrons. The number of para-hydroxylation sites is 1. The van der Waals surface area contributed by atoms with Gasteiger partial charge in [-0.15, -0.1) is 11.3 Å². The Balaban J connectivity index is 1.41. The molecule has 8 amide bonds. The fourth-order valence-electron chi connectivity index (χ4n) is 8.16. The number of H-pyrrole nitrogens is 1. The number of benzene rings is 2. The molecule has 2 aromatic carbocycles. The molecule has 0 saturated carbocycles. The maximum atomic E-state index is 14.7. The van der Waals surface area contributed by atoms with E-state index in [0.717, 1.165) is 21.3 Å². The molecule has 1 aliphatic rings. The van der Waals surface area contributed by atoms with Gasteiger partial charge >= 0.3 is 0 Å². The number of primary amides is 2. The standard InChI is InChI=1S/C47H62ClN15O8S/c48-28-15-13-26(14-16-28)21-35(62-43(69)36(58-39(65)23-29-7-6-20-72-29)22-27-25-57-31-9-2-1-8-30(27)31)42(68)60-33(11-4-18-56-47(53)54)45(71)63-19-5-12-37(63)44(70)59-32(10-3-17-55-46(51)52)41(67)61-34(40(50)66)24-38(49)64/h1-2,6-9,13-16,20,25,32-37,57H,3-5,10-12,17-19,21-24H2,(H2,49,64)(H2,50,66)(H,58,65)(H,59,70)(H,60,68)(H,61,67)(H,62,69)(H4,51,52,55)(H4,53,54,56)/t32-,33-,34-,35-,36-,37-/m0/s1. The van der Waals surface area contributed by atoms with Crippen molar-refractivity contribution in [3.63, 3.8) is 0 Å². The van der Waals surface area contributed by atoms with Crippen LogP contribution in [0, 0.1) is 0 Å². The Kier molecular flexibility index (Phi) is 20.7. The Hall–Kier alpha value is -7.73. The molecule has 0 unspecified atom stereocenters. The summed E-state index contributed by atoms with van der Waals surface area (Å²) in [4.78, 5) is 122. The molecule has 1 saturated heterocycles.